The van der Waals surface area contributed by atoms with Gasteiger partial charge in [0, 0.05) is 22.4 Å². The van der Waals surface area contributed by atoms with Crippen LogP contribution in [0.25, 0.3) is 0 Å². The molecule has 2 aliphatic carbocycles. The Balaban J connectivity index is 1.35. The molecular weight excluding hydrogens is 404 g/mol. The lowest BCUT2D eigenvalue weighted by atomic mass is 9.71. The van der Waals surface area contributed by atoms with Crippen molar-refractivity contribution in [2.24, 2.45) is 34.7 Å². The van der Waals surface area contributed by atoms with E-state index in [9.17, 15) is 9.59 Å². The van der Waals surface area contributed by atoms with Gasteiger partial charge in [-0.05, 0) is 42.7 Å². The first-order valence-corrected chi connectivity index (χ1v) is 10.5. The predicted octanol–water partition coefficient (Wildman–Crippen LogP) is 3.52. The maximum Gasteiger partial charge on any atom is 0.238 e. The van der Waals surface area contributed by atoms with Gasteiger partial charge in [0.15, 0.2) is 0 Å². The zero-order chi connectivity index (χ0) is 20.6. The lowest BCUT2D eigenvalue weighted by Crippen LogP contribution is -2.41. The summed E-state index contributed by atoms with van der Waals surface area (Å²) in [5.74, 6) is -0.227. The third-order valence-corrected chi connectivity index (χ3v) is 7.50. The van der Waals surface area contributed by atoms with Crippen LogP contribution in [0.4, 0.5) is 5.69 Å². The minimum absolute atomic E-state index is 0.00608. The number of halogens is 1. The molecule has 0 aromatic heterocycles. The Hall–Kier alpha value is -2.86. The second-order valence-corrected chi connectivity index (χ2v) is 8.78. The van der Waals surface area contributed by atoms with Crippen molar-refractivity contribution >= 4 is 34.8 Å². The van der Waals surface area contributed by atoms with E-state index >= 15 is 0 Å². The molecule has 6 rings (SSSR count). The molecule has 1 saturated heterocycles. The number of hydrogen-bond acceptors (Lipinski definition) is 5. The average molecular weight is 423 g/mol. The Morgan fingerprint density at radius 1 is 1.00 bits per heavy atom. The van der Waals surface area contributed by atoms with Crippen LogP contribution >= 0.6 is 11.6 Å². The summed E-state index contributed by atoms with van der Waals surface area (Å²) >= 11 is 6.41. The van der Waals surface area contributed by atoms with Crippen LogP contribution in [0, 0.1) is 29.6 Å². The van der Waals surface area contributed by atoms with E-state index in [0.29, 0.717) is 16.5 Å². The van der Waals surface area contributed by atoms with Gasteiger partial charge >= 0.3 is 0 Å². The van der Waals surface area contributed by atoms with Crippen LogP contribution in [0.1, 0.15) is 12.0 Å². The van der Waals surface area contributed by atoms with Crippen molar-refractivity contribution in [3.63, 3.8) is 0 Å². The second kappa shape index (κ2) is 6.32. The zero-order valence-electron chi connectivity index (χ0n) is 16.2. The van der Waals surface area contributed by atoms with E-state index in [1.165, 1.54) is 4.90 Å². The molecule has 2 saturated carbocycles. The Morgan fingerprint density at radius 2 is 1.70 bits per heavy atom. The molecule has 152 valence electrons. The molecule has 0 unspecified atom stereocenters. The van der Waals surface area contributed by atoms with Gasteiger partial charge in [-0.2, -0.15) is 0 Å². The summed E-state index contributed by atoms with van der Waals surface area (Å²) in [6.45, 7) is 0. The number of ether oxygens (including phenoxy) is 1. The molecule has 0 radical (unpaired) electrons. The smallest absolute Gasteiger partial charge is 0.238 e. The number of benzene rings is 2. The van der Waals surface area contributed by atoms with E-state index in [1.807, 2.05) is 24.3 Å². The van der Waals surface area contributed by atoms with E-state index in [-0.39, 0.29) is 47.5 Å². The molecule has 2 aromatic rings. The Morgan fingerprint density at radius 3 is 2.40 bits per heavy atom. The molecule has 2 aliphatic heterocycles. The number of amides is 2. The van der Waals surface area contributed by atoms with E-state index in [4.69, 9.17) is 21.2 Å². The van der Waals surface area contributed by atoms with Crippen LogP contribution < -0.4 is 9.64 Å². The standard InChI is InChI=1S/C23H19ClN2O4/c1-29-12-8-6-11(7-9-12)26-22(27)17-14-10-15(18(17)23(26)28)21-19(14)20(25-30-21)13-4-2-3-5-16(13)24/h2-9,14-15,17-19,21H,10H2,1H3/t14-,15-,17-,18-,19-,21+/m1/s1. The number of carbonyl (C=O) groups excluding carboxylic acids is 2. The molecule has 0 N–H and O–H groups in total. The minimum Gasteiger partial charge on any atom is -0.497 e. The number of imide groups is 1. The van der Waals surface area contributed by atoms with Gasteiger partial charge in [-0.1, -0.05) is 35.0 Å². The van der Waals surface area contributed by atoms with Crippen molar-refractivity contribution in [1.82, 2.24) is 0 Å². The number of methoxy groups -OCH3 is 1. The van der Waals surface area contributed by atoms with Gasteiger partial charge in [0.2, 0.25) is 11.8 Å². The summed E-state index contributed by atoms with van der Waals surface area (Å²) in [7, 11) is 1.58. The first-order valence-electron chi connectivity index (χ1n) is 10.1. The lowest BCUT2D eigenvalue weighted by Gasteiger charge is -2.30. The van der Waals surface area contributed by atoms with Crippen LogP contribution in [0.3, 0.4) is 0 Å². The maximum atomic E-state index is 13.4. The van der Waals surface area contributed by atoms with Gasteiger partial charge in [0.1, 0.15) is 11.9 Å². The normalized spacial score (nSPS) is 33.4. The molecule has 6 nitrogen and oxygen atoms in total. The zero-order valence-corrected chi connectivity index (χ0v) is 17.0. The highest BCUT2D eigenvalue weighted by atomic mass is 35.5. The number of fused-ring (bicyclic) bond motifs is 8. The molecule has 30 heavy (non-hydrogen) atoms. The van der Waals surface area contributed by atoms with Crippen molar-refractivity contribution in [3.05, 3.63) is 59.1 Å². The van der Waals surface area contributed by atoms with Crippen LogP contribution in [0.5, 0.6) is 5.75 Å². The number of oxime groups is 1. The molecule has 0 spiro atoms. The van der Waals surface area contributed by atoms with Gasteiger partial charge < -0.3 is 9.57 Å². The molecule has 4 aliphatic rings. The molecule has 2 amide bonds. The van der Waals surface area contributed by atoms with E-state index < -0.39 is 0 Å². The van der Waals surface area contributed by atoms with Gasteiger partial charge in [-0.3, -0.25) is 14.5 Å². The van der Waals surface area contributed by atoms with Crippen molar-refractivity contribution in [3.8, 4) is 5.75 Å². The highest BCUT2D eigenvalue weighted by molar-refractivity contribution is 6.34. The first-order chi connectivity index (χ1) is 14.6. The monoisotopic (exact) mass is 422 g/mol. The summed E-state index contributed by atoms with van der Waals surface area (Å²) in [6, 6.07) is 14.6. The quantitative estimate of drug-likeness (QED) is 0.710. The molecule has 3 fully saturated rings. The van der Waals surface area contributed by atoms with Crippen LogP contribution in [0.2, 0.25) is 5.02 Å². The summed E-state index contributed by atoms with van der Waals surface area (Å²) in [5, 5.41) is 4.97. The Labute approximate surface area is 178 Å². The highest BCUT2D eigenvalue weighted by Crippen LogP contribution is 2.62. The lowest BCUT2D eigenvalue weighted by molar-refractivity contribution is -0.125. The van der Waals surface area contributed by atoms with E-state index in [2.05, 4.69) is 5.16 Å². The molecule has 2 heterocycles. The number of anilines is 1. The number of carbonyl (C=O) groups is 2. The molecule has 2 aromatic carbocycles. The van der Waals surface area contributed by atoms with Crippen molar-refractivity contribution < 1.29 is 19.2 Å². The van der Waals surface area contributed by atoms with Crippen molar-refractivity contribution in [2.45, 2.75) is 12.5 Å². The summed E-state index contributed by atoms with van der Waals surface area (Å²) < 4.78 is 5.19. The van der Waals surface area contributed by atoms with E-state index in [0.717, 1.165) is 17.7 Å². The minimum atomic E-state index is -0.341. The summed E-state index contributed by atoms with van der Waals surface area (Å²) in [6.07, 6.45) is 0.636. The van der Waals surface area contributed by atoms with Crippen LogP contribution in [0.15, 0.2) is 53.7 Å². The Kier molecular flexibility index (Phi) is 3.78. The Bertz CT molecular complexity index is 1100. The largest absolute Gasteiger partial charge is 0.497 e. The van der Waals surface area contributed by atoms with Crippen LogP contribution in [-0.4, -0.2) is 30.7 Å². The topological polar surface area (TPSA) is 68.2 Å². The third kappa shape index (κ3) is 2.23. The summed E-state index contributed by atoms with van der Waals surface area (Å²) in [5.41, 5.74) is 2.24. The second-order valence-electron chi connectivity index (χ2n) is 8.38. The summed E-state index contributed by atoms with van der Waals surface area (Å²) in [4.78, 5) is 33.9. The fourth-order valence-corrected chi connectivity index (χ4v) is 6.24. The maximum absolute atomic E-state index is 13.4. The van der Waals surface area contributed by atoms with Crippen LogP contribution in [-0.2, 0) is 14.4 Å². The van der Waals surface area contributed by atoms with Gasteiger partial charge in [0.25, 0.3) is 0 Å². The average Bonchev–Trinajstić information content (AvgIpc) is 3.49. The number of rotatable bonds is 3. The van der Waals surface area contributed by atoms with Gasteiger partial charge in [-0.15, -0.1) is 0 Å². The molecule has 2 bridgehead atoms. The molecular formula is C23H19ClN2O4. The predicted molar refractivity (Wildman–Crippen MR) is 110 cm³/mol. The van der Waals surface area contributed by atoms with Crippen molar-refractivity contribution in [2.75, 3.05) is 12.0 Å². The fraction of sp³-hybridized carbons (Fsp3) is 0.348. The van der Waals surface area contributed by atoms with E-state index in [1.54, 1.807) is 31.4 Å². The van der Waals surface area contributed by atoms with Gasteiger partial charge in [-0.25, -0.2) is 0 Å². The SMILES string of the molecule is COc1ccc(N2C(=O)[C@@H]3[C@H]4C[C@@H]([C@@H]5ON=C(c6ccccc6Cl)[C@@H]45)[C@H]3C2=O)cc1. The van der Waals surface area contributed by atoms with Gasteiger partial charge in [0.05, 0.1) is 30.3 Å². The van der Waals surface area contributed by atoms with Crippen molar-refractivity contribution in [1.29, 1.82) is 0 Å². The highest BCUT2D eigenvalue weighted by Gasteiger charge is 2.70. The number of nitrogens with zero attached hydrogens (tertiary/aromatic N) is 2. The first kappa shape index (κ1) is 18.0. The fourth-order valence-electron chi connectivity index (χ4n) is 6.00. The molecule has 6 atom stereocenters. The third-order valence-electron chi connectivity index (χ3n) is 7.17. The number of hydrogen-bond donors (Lipinski definition) is 0. The molecule has 7 heteroatoms.